The predicted octanol–water partition coefficient (Wildman–Crippen LogP) is 6.57. The molecule has 3 aliphatic heterocycles. The molecular formula is C78H88F3N15O17. The highest BCUT2D eigenvalue weighted by Crippen LogP contribution is 2.29. The first-order valence-corrected chi connectivity index (χ1v) is 35.1. The number of phenols is 1. The average molecular weight is 1560 g/mol. The molecule has 2 aromatic heterocycles. The van der Waals surface area contributed by atoms with E-state index < -0.39 is 117 Å². The molecule has 8 aromatic rings. The van der Waals surface area contributed by atoms with Gasteiger partial charge in [0.25, 0.3) is 17.7 Å². The quantitative estimate of drug-likeness (QED) is 0.0404. The summed E-state index contributed by atoms with van der Waals surface area (Å²) in [5.41, 5.74) is 27.5. The van der Waals surface area contributed by atoms with Gasteiger partial charge in [0.1, 0.15) is 62.7 Å². The number of carbonyl (C=O) groups is 10. The van der Waals surface area contributed by atoms with Gasteiger partial charge in [0.15, 0.2) is 23.0 Å². The average Bonchev–Trinajstić information content (AvgIpc) is 1.75. The third-order valence-corrected chi connectivity index (χ3v) is 16.5. The number of ketones is 3. The number of halogens is 3. The second-order valence-electron chi connectivity index (χ2n) is 27.3. The molecule has 0 radical (unpaired) electrons. The number of hydrogen-bond acceptors (Lipinski definition) is 25. The molecule has 0 bridgehead atoms. The van der Waals surface area contributed by atoms with Crippen molar-refractivity contribution in [3.63, 3.8) is 0 Å². The molecule has 3 aliphatic rings. The molecule has 32 nitrogen and oxygen atoms in total. The summed E-state index contributed by atoms with van der Waals surface area (Å²) in [6.45, 7) is 17.2. The van der Waals surface area contributed by atoms with Crippen molar-refractivity contribution in [2.75, 3.05) is 63.9 Å². The number of nitrogens with two attached hydrogens (primary N) is 5. The van der Waals surface area contributed by atoms with E-state index in [0.29, 0.717) is 38.3 Å². The molecule has 3 fully saturated rings. The lowest BCUT2D eigenvalue weighted by molar-refractivity contribution is 0.0279. The monoisotopic (exact) mass is 1560 g/mol. The zero-order valence-corrected chi connectivity index (χ0v) is 62.8. The Hall–Kier alpha value is -13.0. The minimum absolute atomic E-state index is 0.0193. The number of carboxylic acid groups (broad SMARTS) is 2. The van der Waals surface area contributed by atoms with E-state index in [4.69, 9.17) is 57.8 Å². The Morgan fingerprint density at radius 2 is 0.814 bits per heavy atom. The molecule has 35 heteroatoms. The van der Waals surface area contributed by atoms with Gasteiger partial charge >= 0.3 is 24.1 Å². The van der Waals surface area contributed by atoms with Crippen LogP contribution < -0.4 is 59.4 Å². The highest BCUT2D eigenvalue weighted by atomic mass is 19.1. The summed E-state index contributed by atoms with van der Waals surface area (Å²) in [5, 5.41) is 38.6. The number of aromatic hydroxyl groups is 1. The number of aromatic carboxylic acids is 2. The second-order valence-corrected chi connectivity index (χ2v) is 27.3. The Balaban J connectivity index is 0.000000209. The molecular weight excluding hydrogens is 1480 g/mol. The SMILES string of the molecule is CC(C)(C)OC(=O)N1C[C@@H](N)[C@H](N)C1.CCOc1cccc(F)c1C(=O)c1ccc(C(=O)N[C@@H]2CN(C(=O)OC(C)(C)C)C[C@H]2N)cc1.CCOc1cccc(F)c1C(=O)c1ccc(C(=O)O)cc1.Nc1nccc(C(=O)N[C@@H]2CNC[C@H]2NC(=O)c2ccc(C(=O)c3c(O)cccc3F)cc2)n1.Nc1nccc(C(=O)O)n1. The van der Waals surface area contributed by atoms with Crippen molar-refractivity contribution < 1.29 is 95.4 Å². The molecule has 5 heterocycles. The minimum Gasteiger partial charge on any atom is -0.507 e. The number of rotatable bonds is 18. The smallest absolute Gasteiger partial charge is 0.410 e. The van der Waals surface area contributed by atoms with Crippen LogP contribution in [-0.2, 0) is 9.47 Å². The van der Waals surface area contributed by atoms with Crippen LogP contribution in [0.3, 0.4) is 0 Å². The fourth-order valence-electron chi connectivity index (χ4n) is 11.0. The maximum atomic E-state index is 14.3. The van der Waals surface area contributed by atoms with Crippen LogP contribution in [0.1, 0.15) is 155 Å². The molecule has 0 saturated carbocycles. The van der Waals surface area contributed by atoms with Crippen LogP contribution in [0.2, 0.25) is 0 Å². The molecule has 0 aliphatic carbocycles. The van der Waals surface area contributed by atoms with Crippen molar-refractivity contribution in [3.05, 3.63) is 231 Å². The summed E-state index contributed by atoms with van der Waals surface area (Å²) < 4.78 is 63.5. The number of likely N-dealkylation sites (tertiary alicyclic amines) is 2. The molecule has 6 aromatic carbocycles. The molecule has 3 saturated heterocycles. The lowest BCUT2D eigenvalue weighted by Crippen LogP contribution is -2.51. The van der Waals surface area contributed by atoms with E-state index in [0.717, 1.165) is 6.07 Å². The van der Waals surface area contributed by atoms with Gasteiger partial charge in [-0.25, -0.2) is 52.3 Å². The van der Waals surface area contributed by atoms with Gasteiger partial charge in [0, 0.05) is 97.6 Å². The van der Waals surface area contributed by atoms with E-state index >= 15 is 0 Å². The van der Waals surface area contributed by atoms with Crippen molar-refractivity contribution in [1.82, 2.24) is 51.0 Å². The van der Waals surface area contributed by atoms with Crippen LogP contribution in [-0.4, -0.2) is 204 Å². The number of nitrogen functional groups attached to an aromatic ring is 2. The summed E-state index contributed by atoms with van der Waals surface area (Å²) in [6, 6.07) is 29.6. The lowest BCUT2D eigenvalue weighted by atomic mass is 10.0. The van der Waals surface area contributed by atoms with Crippen LogP contribution in [0.5, 0.6) is 17.2 Å². The topological polar surface area (TPSA) is 505 Å². The third kappa shape index (κ3) is 25.0. The fraction of sp³-hybridized carbons (Fsp3) is 0.308. The molecule has 5 amide bonds. The minimum atomic E-state index is -1.10. The van der Waals surface area contributed by atoms with E-state index in [1.807, 2.05) is 20.8 Å². The van der Waals surface area contributed by atoms with Crippen molar-refractivity contribution in [1.29, 1.82) is 0 Å². The highest BCUT2D eigenvalue weighted by molar-refractivity contribution is 6.13. The van der Waals surface area contributed by atoms with Gasteiger partial charge in [-0.1, -0.05) is 54.6 Å². The van der Waals surface area contributed by atoms with Gasteiger partial charge < -0.3 is 94.0 Å². The number of nitrogens with zero attached hydrogens (tertiary/aromatic N) is 6. The van der Waals surface area contributed by atoms with Crippen LogP contribution in [0.25, 0.3) is 0 Å². The Morgan fingerprint density at radius 1 is 0.460 bits per heavy atom. The molecule has 17 N–H and O–H groups in total. The number of ether oxygens (including phenoxy) is 4. The maximum Gasteiger partial charge on any atom is 0.410 e. The Kier molecular flexibility index (Phi) is 30.6. The number of carbonyl (C=O) groups excluding carboxylic acids is 8. The van der Waals surface area contributed by atoms with Crippen LogP contribution >= 0.6 is 0 Å². The fourth-order valence-corrected chi connectivity index (χ4v) is 11.0. The number of carboxylic acids is 2. The highest BCUT2D eigenvalue weighted by Gasteiger charge is 2.38. The first-order valence-electron chi connectivity index (χ1n) is 35.1. The molecule has 0 spiro atoms. The van der Waals surface area contributed by atoms with E-state index in [1.54, 1.807) is 39.5 Å². The Morgan fingerprint density at radius 3 is 1.20 bits per heavy atom. The second kappa shape index (κ2) is 39.6. The molecule has 113 heavy (non-hydrogen) atoms. The molecule has 11 rings (SSSR count). The van der Waals surface area contributed by atoms with E-state index in [2.05, 4.69) is 41.2 Å². The van der Waals surface area contributed by atoms with Crippen LogP contribution in [0.4, 0.5) is 34.7 Å². The van der Waals surface area contributed by atoms with Gasteiger partial charge in [-0.05, 0) is 140 Å². The predicted molar refractivity (Wildman–Crippen MR) is 406 cm³/mol. The standard InChI is InChI=1S/C25H30FN3O5.C23H21FN6O4.C16H13FO4.C9H19N3O2.C5H5N3O2/c1-5-33-20-8-6-7-17(26)21(20)22(30)15-9-11-16(12-10-15)23(31)28-19-14-29(13-18(19)27)24(32)34-25(2,3)4;24-14-2-1-3-18(31)19(14)20(32)12-4-6-13(7-5-12)21(33)28-16-10-26-11-17(16)29-22(34)15-8-9-27-23(25)30-15;1-2-21-13-5-3-4-12(17)14(13)15(18)10-6-8-11(9-7-10)16(19)20;1-9(2,3)14-8(13)12-4-6(10)7(11)5-12;6-5-7-2-1-3(8-5)4(9)10/h6-12,18-19H,5,13-14,27H2,1-4H3,(H,28,31);1-9,16-17,26,31H,10-11H2,(H,28,33)(H,29,34)(H2,25,27,30);3-9H,2H2,1H3,(H,19,20);6-7H,4-5,10-11H2,1-3H3;1-2H,(H,9,10)(H2,6,7,8)/t18-,19-;16-,17-;;6-,7-;/m11.1./s1. The number of phenolic OH excluding ortho intramolecular Hbond substituents is 1. The summed E-state index contributed by atoms with van der Waals surface area (Å²) in [5.74, 6) is -7.59. The van der Waals surface area contributed by atoms with E-state index in [-0.39, 0.29) is 112 Å². The van der Waals surface area contributed by atoms with Gasteiger partial charge in [0.05, 0.1) is 42.5 Å². The Labute approximate surface area is 646 Å². The number of aromatic nitrogens is 4. The number of anilines is 2. The summed E-state index contributed by atoms with van der Waals surface area (Å²) >= 11 is 0. The van der Waals surface area contributed by atoms with Gasteiger partial charge in [-0.2, -0.15) is 0 Å². The van der Waals surface area contributed by atoms with E-state index in [1.165, 1.54) is 151 Å². The van der Waals surface area contributed by atoms with Gasteiger partial charge in [-0.3, -0.25) is 28.8 Å². The third-order valence-electron chi connectivity index (χ3n) is 16.5. The molecule has 6 atom stereocenters. The van der Waals surface area contributed by atoms with E-state index in [9.17, 15) is 66.2 Å². The molecule has 598 valence electrons. The lowest BCUT2D eigenvalue weighted by Gasteiger charge is -2.24. The first-order chi connectivity index (χ1) is 53.4. The van der Waals surface area contributed by atoms with Crippen LogP contribution in [0, 0.1) is 17.5 Å². The number of hydrogen-bond donors (Lipinski definition) is 12. The number of benzene rings is 6. The summed E-state index contributed by atoms with van der Waals surface area (Å²) in [4.78, 5) is 138. The first kappa shape index (κ1) is 87.2. The normalized spacial score (nSPS) is 16.7. The van der Waals surface area contributed by atoms with Crippen molar-refractivity contribution in [3.8, 4) is 17.2 Å². The molecule has 0 unspecified atom stereocenters. The summed E-state index contributed by atoms with van der Waals surface area (Å²) in [6.07, 6.45) is 1.86. The zero-order chi connectivity index (χ0) is 83.2. The summed E-state index contributed by atoms with van der Waals surface area (Å²) in [7, 11) is 0. The van der Waals surface area contributed by atoms with Gasteiger partial charge in [0.2, 0.25) is 11.9 Å². The van der Waals surface area contributed by atoms with Crippen molar-refractivity contribution >= 4 is 71.1 Å². The largest absolute Gasteiger partial charge is 0.507 e. The number of nitrogens with one attached hydrogen (secondary N) is 4. The Bertz CT molecular complexity index is 4710. The van der Waals surface area contributed by atoms with Crippen molar-refractivity contribution in [2.24, 2.45) is 17.2 Å². The zero-order valence-electron chi connectivity index (χ0n) is 62.8. The van der Waals surface area contributed by atoms with Crippen molar-refractivity contribution in [2.45, 2.75) is 103 Å². The van der Waals surface area contributed by atoms with Gasteiger partial charge in [-0.15, -0.1) is 0 Å². The number of amides is 5. The maximum absolute atomic E-state index is 14.3. The van der Waals surface area contributed by atoms with Crippen LogP contribution in [0.15, 0.2) is 152 Å².